The Bertz CT molecular complexity index is 1140. The van der Waals surface area contributed by atoms with Crippen molar-refractivity contribution in [3.8, 4) is 11.1 Å². The van der Waals surface area contributed by atoms with Gasteiger partial charge in [0.05, 0.1) is 11.9 Å². The topological polar surface area (TPSA) is 92.9 Å². The van der Waals surface area contributed by atoms with Crippen LogP contribution in [0.4, 0.5) is 5.69 Å². The first-order valence-electron chi connectivity index (χ1n) is 8.02. The number of pyridine rings is 1. The molecule has 0 amide bonds. The third kappa shape index (κ3) is 3.36. The van der Waals surface area contributed by atoms with Crippen molar-refractivity contribution in [2.24, 2.45) is 7.05 Å². The van der Waals surface area contributed by atoms with E-state index in [1.165, 1.54) is 16.0 Å². The van der Waals surface area contributed by atoms with Crippen LogP contribution >= 0.6 is 22.9 Å². The van der Waals surface area contributed by atoms with E-state index in [2.05, 4.69) is 20.4 Å². The van der Waals surface area contributed by atoms with E-state index in [9.17, 15) is 9.90 Å². The van der Waals surface area contributed by atoms with Crippen molar-refractivity contribution in [2.75, 3.05) is 5.32 Å². The van der Waals surface area contributed by atoms with Crippen molar-refractivity contribution in [1.29, 1.82) is 0 Å². The number of aromatic nitrogens is 4. The summed E-state index contributed by atoms with van der Waals surface area (Å²) >= 11 is 7.28. The molecule has 4 rings (SSSR count). The summed E-state index contributed by atoms with van der Waals surface area (Å²) < 4.78 is 2.01. The number of rotatable bonds is 5. The molecule has 0 unspecified atom stereocenters. The molecule has 0 aliphatic heterocycles. The molecule has 0 spiro atoms. The molecule has 0 saturated heterocycles. The lowest BCUT2D eigenvalue weighted by Gasteiger charge is -2.08. The summed E-state index contributed by atoms with van der Waals surface area (Å²) in [5, 5.41) is 17.4. The van der Waals surface area contributed by atoms with Gasteiger partial charge in [-0.3, -0.25) is 0 Å². The Balaban J connectivity index is 1.65. The number of nitrogens with one attached hydrogen (secondary N) is 1. The molecule has 4 aromatic rings. The van der Waals surface area contributed by atoms with Crippen LogP contribution in [0.5, 0.6) is 0 Å². The predicted octanol–water partition coefficient (Wildman–Crippen LogP) is 4.06. The number of anilines is 1. The van der Waals surface area contributed by atoms with Gasteiger partial charge in [0.2, 0.25) is 0 Å². The lowest BCUT2D eigenvalue weighted by molar-refractivity contribution is 0.0691. The van der Waals surface area contributed by atoms with E-state index in [0.29, 0.717) is 22.0 Å². The van der Waals surface area contributed by atoms with E-state index in [-0.39, 0.29) is 5.69 Å². The van der Waals surface area contributed by atoms with Crippen molar-refractivity contribution in [3.05, 3.63) is 57.8 Å². The number of aryl methyl sites for hydroxylation is 1. The van der Waals surface area contributed by atoms with E-state index in [4.69, 9.17) is 11.6 Å². The average Bonchev–Trinajstić information content (AvgIpc) is 3.24. The van der Waals surface area contributed by atoms with Crippen molar-refractivity contribution >= 4 is 45.6 Å². The largest absolute Gasteiger partial charge is 0.476 e. The minimum atomic E-state index is -1.07. The Morgan fingerprint density at radius 1 is 1.26 bits per heavy atom. The maximum Gasteiger partial charge on any atom is 0.357 e. The first-order valence-corrected chi connectivity index (χ1v) is 9.22. The van der Waals surface area contributed by atoms with E-state index >= 15 is 0 Å². The zero-order valence-electron chi connectivity index (χ0n) is 14.2. The number of carboxylic acid groups (broad SMARTS) is 1. The molecule has 0 saturated carbocycles. The highest BCUT2D eigenvalue weighted by Crippen LogP contribution is 2.30. The number of hydrogen-bond acceptors (Lipinski definition) is 6. The molecule has 3 heterocycles. The third-order valence-corrected chi connectivity index (χ3v) is 5.23. The normalized spacial score (nSPS) is 11.0. The van der Waals surface area contributed by atoms with Gasteiger partial charge in [-0.15, -0.1) is 11.3 Å². The molecule has 0 radical (unpaired) electrons. The van der Waals surface area contributed by atoms with Gasteiger partial charge in [-0.2, -0.15) is 5.10 Å². The zero-order chi connectivity index (χ0) is 19.0. The highest BCUT2D eigenvalue weighted by molar-refractivity contribution is 7.15. The maximum absolute atomic E-state index is 11.6. The van der Waals surface area contributed by atoms with Crippen molar-refractivity contribution in [2.45, 2.75) is 6.54 Å². The van der Waals surface area contributed by atoms with Crippen molar-refractivity contribution in [1.82, 2.24) is 19.7 Å². The number of aromatic carboxylic acids is 1. The maximum atomic E-state index is 11.6. The van der Waals surface area contributed by atoms with Crippen LogP contribution in [-0.2, 0) is 13.6 Å². The Labute approximate surface area is 163 Å². The standard InChI is InChI=1S/C18H14ClN5O2S/c1-24-16-14(15(23-24)17(25)26)13(6-7-20-16)10-2-4-11(5-3-10)21-8-12-9-22-18(19)27-12/h2-7,9,21H,8H2,1H3,(H,25,26). The lowest BCUT2D eigenvalue weighted by atomic mass is 10.0. The lowest BCUT2D eigenvalue weighted by Crippen LogP contribution is -1.99. The van der Waals surface area contributed by atoms with Gasteiger partial charge in [0.1, 0.15) is 0 Å². The monoisotopic (exact) mass is 399 g/mol. The van der Waals surface area contributed by atoms with Crippen molar-refractivity contribution in [3.63, 3.8) is 0 Å². The second-order valence-corrected chi connectivity index (χ2v) is 7.54. The summed E-state index contributed by atoms with van der Waals surface area (Å²) in [7, 11) is 1.68. The number of hydrogen-bond donors (Lipinski definition) is 2. The molecule has 0 bridgehead atoms. The molecule has 7 nitrogen and oxygen atoms in total. The number of thiazole rings is 1. The highest BCUT2D eigenvalue weighted by Gasteiger charge is 2.19. The number of carboxylic acids is 1. The van der Waals surface area contributed by atoms with E-state index in [0.717, 1.165) is 21.7 Å². The third-order valence-electron chi connectivity index (χ3n) is 4.11. The molecule has 0 atom stereocenters. The van der Waals surface area contributed by atoms with Gasteiger partial charge in [0, 0.05) is 30.0 Å². The number of fused-ring (bicyclic) bond motifs is 1. The quantitative estimate of drug-likeness (QED) is 0.525. The van der Waals surface area contributed by atoms with Gasteiger partial charge < -0.3 is 10.4 Å². The molecule has 1 aromatic carbocycles. The molecule has 3 aromatic heterocycles. The minimum Gasteiger partial charge on any atom is -0.476 e. The van der Waals surface area contributed by atoms with Crippen LogP contribution in [0.2, 0.25) is 4.47 Å². The van der Waals surface area contributed by atoms with Gasteiger partial charge in [-0.25, -0.2) is 19.4 Å². The summed E-state index contributed by atoms with van der Waals surface area (Å²) in [5.74, 6) is -1.07. The smallest absolute Gasteiger partial charge is 0.357 e. The van der Waals surface area contributed by atoms with E-state index < -0.39 is 5.97 Å². The molecule has 0 fully saturated rings. The van der Waals surface area contributed by atoms with Gasteiger partial charge in [-0.05, 0) is 29.3 Å². The van der Waals surface area contributed by atoms with Gasteiger partial charge in [0.25, 0.3) is 0 Å². The number of nitrogens with zero attached hydrogens (tertiary/aromatic N) is 4. The molecule has 136 valence electrons. The molecule has 0 aliphatic carbocycles. The van der Waals surface area contributed by atoms with Crippen molar-refractivity contribution < 1.29 is 9.90 Å². The molecular formula is C18H14ClN5O2S. The van der Waals surface area contributed by atoms with Crippen LogP contribution in [0.1, 0.15) is 15.4 Å². The second kappa shape index (κ2) is 6.98. The van der Waals surface area contributed by atoms with E-state index in [1.807, 2.05) is 24.3 Å². The Hall–Kier alpha value is -2.97. The minimum absolute atomic E-state index is 0.000115. The van der Waals surface area contributed by atoms with E-state index in [1.54, 1.807) is 25.5 Å². The van der Waals surface area contributed by atoms with Gasteiger partial charge in [0.15, 0.2) is 15.8 Å². The van der Waals surface area contributed by atoms with Crippen LogP contribution in [0.3, 0.4) is 0 Å². The molecular weight excluding hydrogens is 386 g/mol. The average molecular weight is 400 g/mol. The fourth-order valence-corrected chi connectivity index (χ4v) is 3.81. The Morgan fingerprint density at radius 3 is 2.70 bits per heavy atom. The summed E-state index contributed by atoms with van der Waals surface area (Å²) in [5.41, 5.74) is 3.16. The summed E-state index contributed by atoms with van der Waals surface area (Å²) in [6.45, 7) is 0.634. The van der Waals surface area contributed by atoms with Crippen LogP contribution in [0, 0.1) is 0 Å². The Morgan fingerprint density at radius 2 is 2.04 bits per heavy atom. The number of carbonyl (C=O) groups is 1. The second-order valence-electron chi connectivity index (χ2n) is 5.84. The predicted molar refractivity (Wildman–Crippen MR) is 105 cm³/mol. The van der Waals surface area contributed by atoms with Crippen LogP contribution in [0.15, 0.2) is 42.7 Å². The van der Waals surface area contributed by atoms with Crippen LogP contribution in [-0.4, -0.2) is 30.8 Å². The summed E-state index contributed by atoms with van der Waals surface area (Å²) in [6, 6.07) is 9.57. The van der Waals surface area contributed by atoms with Crippen LogP contribution in [0.25, 0.3) is 22.2 Å². The molecule has 9 heteroatoms. The zero-order valence-corrected chi connectivity index (χ0v) is 15.8. The summed E-state index contributed by atoms with van der Waals surface area (Å²) in [6.07, 6.45) is 3.41. The fraction of sp³-hybridized carbons (Fsp3) is 0.111. The first kappa shape index (κ1) is 17.4. The number of halogens is 1. The highest BCUT2D eigenvalue weighted by atomic mass is 35.5. The molecule has 0 aliphatic rings. The molecule has 2 N–H and O–H groups in total. The summed E-state index contributed by atoms with van der Waals surface area (Å²) in [4.78, 5) is 20.9. The fourth-order valence-electron chi connectivity index (χ4n) is 2.89. The van der Waals surface area contributed by atoms with Gasteiger partial charge in [-0.1, -0.05) is 23.7 Å². The first-order chi connectivity index (χ1) is 13.0. The SMILES string of the molecule is Cn1nc(C(=O)O)c2c(-c3ccc(NCc4cnc(Cl)s4)cc3)ccnc21. The number of benzene rings is 1. The van der Waals surface area contributed by atoms with Gasteiger partial charge >= 0.3 is 5.97 Å². The van der Waals surface area contributed by atoms with Crippen LogP contribution < -0.4 is 5.32 Å². The molecule has 27 heavy (non-hydrogen) atoms. The Kier molecular flexibility index (Phi) is 4.51.